The molecule has 0 aliphatic carbocycles. The topological polar surface area (TPSA) is 123 Å². The molecule has 2 amide bonds. The van der Waals surface area contributed by atoms with Crippen LogP contribution in [0.15, 0.2) is 73.1 Å². The number of carbonyl (C=O) groups is 3. The summed E-state index contributed by atoms with van der Waals surface area (Å²) in [5.74, 6) is -3.38. The summed E-state index contributed by atoms with van der Waals surface area (Å²) in [4.78, 5) is 42.4. The number of rotatable bonds is 6. The summed E-state index contributed by atoms with van der Waals surface area (Å²) in [5.41, 5.74) is 7.51. The number of halogens is 3. The highest BCUT2D eigenvalue weighted by Crippen LogP contribution is 2.24. The number of benzene rings is 2. The Balaban J connectivity index is 1.26. The zero-order chi connectivity index (χ0) is 28.4. The first-order valence-electron chi connectivity index (χ1n) is 12.3. The first-order valence-corrected chi connectivity index (χ1v) is 12.3. The Hall–Kier alpha value is -4.94. The van der Waals surface area contributed by atoms with Crippen LogP contribution in [0.3, 0.4) is 0 Å². The van der Waals surface area contributed by atoms with E-state index in [9.17, 15) is 27.6 Å². The van der Waals surface area contributed by atoms with Crippen LogP contribution in [0.1, 0.15) is 23.2 Å². The molecule has 3 N–H and O–H groups in total. The van der Waals surface area contributed by atoms with Gasteiger partial charge in [-0.05, 0) is 54.0 Å². The minimum atomic E-state index is -5.14. The SMILES string of the molecule is NC(=O)c1cccc2cn(-c3ccc(NC(=O)C4CCCN(c5cccc[n+]5OC(=O)C(F)(F)F)C4)cc3)nc12. The molecule has 2 aromatic carbocycles. The molecule has 1 atom stereocenters. The van der Waals surface area contributed by atoms with Crippen molar-refractivity contribution in [1.82, 2.24) is 9.78 Å². The lowest BCUT2D eigenvalue weighted by Gasteiger charge is -2.28. The van der Waals surface area contributed by atoms with Crippen molar-refractivity contribution in [3.8, 4) is 5.69 Å². The second-order valence-electron chi connectivity index (χ2n) is 9.26. The van der Waals surface area contributed by atoms with Gasteiger partial charge in [0.25, 0.3) is 5.91 Å². The van der Waals surface area contributed by atoms with Crippen molar-refractivity contribution in [2.75, 3.05) is 23.3 Å². The Morgan fingerprint density at radius 1 is 1.05 bits per heavy atom. The number of piperidine rings is 1. The number of pyridine rings is 1. The monoisotopic (exact) mass is 553 g/mol. The molecule has 1 unspecified atom stereocenters. The van der Waals surface area contributed by atoms with E-state index in [2.05, 4.69) is 15.3 Å². The summed E-state index contributed by atoms with van der Waals surface area (Å²) in [6.07, 6.45) is -0.969. The fraction of sp³-hybridized carbons (Fsp3) is 0.222. The van der Waals surface area contributed by atoms with Crippen molar-refractivity contribution in [3.63, 3.8) is 0 Å². The molecule has 13 heteroatoms. The molecule has 1 saturated heterocycles. The molecule has 1 fully saturated rings. The van der Waals surface area contributed by atoms with Crippen molar-refractivity contribution in [1.29, 1.82) is 0 Å². The van der Waals surface area contributed by atoms with Gasteiger partial charge < -0.3 is 11.1 Å². The van der Waals surface area contributed by atoms with Gasteiger partial charge in [-0.2, -0.15) is 18.3 Å². The van der Waals surface area contributed by atoms with E-state index in [0.717, 1.165) is 10.1 Å². The number of hydrogen-bond acceptors (Lipinski definition) is 6. The van der Waals surface area contributed by atoms with Crippen molar-refractivity contribution < 1.29 is 37.1 Å². The summed E-state index contributed by atoms with van der Waals surface area (Å²) < 4.78 is 40.5. The van der Waals surface area contributed by atoms with Gasteiger partial charge in [-0.15, -0.1) is 0 Å². The van der Waals surface area contributed by atoms with Crippen LogP contribution in [0.2, 0.25) is 0 Å². The number of primary amides is 1. The Morgan fingerprint density at radius 3 is 2.55 bits per heavy atom. The lowest BCUT2D eigenvalue weighted by atomic mass is 9.97. The molecule has 2 aromatic heterocycles. The number of aromatic nitrogens is 3. The Morgan fingerprint density at radius 2 is 1.82 bits per heavy atom. The maximum atomic E-state index is 13.1. The van der Waals surface area contributed by atoms with Crippen molar-refractivity contribution >= 4 is 40.2 Å². The molecule has 40 heavy (non-hydrogen) atoms. The van der Waals surface area contributed by atoms with E-state index < -0.39 is 24.0 Å². The van der Waals surface area contributed by atoms with Gasteiger partial charge in [0.2, 0.25) is 5.91 Å². The van der Waals surface area contributed by atoms with Crippen molar-refractivity contribution in [3.05, 3.63) is 78.6 Å². The number of anilines is 2. The third-order valence-electron chi connectivity index (χ3n) is 6.53. The largest absolute Gasteiger partial charge is 0.495 e. The second-order valence-corrected chi connectivity index (χ2v) is 9.26. The van der Waals surface area contributed by atoms with E-state index >= 15 is 0 Å². The average Bonchev–Trinajstić information content (AvgIpc) is 3.38. The molecule has 0 saturated carbocycles. The van der Waals surface area contributed by atoms with Crippen LogP contribution in [0.5, 0.6) is 0 Å². The van der Waals surface area contributed by atoms with E-state index in [1.807, 2.05) is 6.07 Å². The number of nitrogens with one attached hydrogen (secondary N) is 1. The van der Waals surface area contributed by atoms with E-state index in [1.165, 1.54) is 18.3 Å². The lowest BCUT2D eigenvalue weighted by Crippen LogP contribution is -2.55. The molecule has 1 aliphatic rings. The number of alkyl halides is 3. The van der Waals surface area contributed by atoms with Gasteiger partial charge in [-0.25, -0.2) is 14.3 Å². The molecule has 4 aromatic rings. The van der Waals surface area contributed by atoms with E-state index in [0.29, 0.717) is 41.8 Å². The fourth-order valence-electron chi connectivity index (χ4n) is 4.60. The van der Waals surface area contributed by atoms with Crippen LogP contribution in [0, 0.1) is 5.92 Å². The zero-order valence-corrected chi connectivity index (χ0v) is 21.0. The minimum absolute atomic E-state index is 0.222. The predicted octanol–water partition coefficient (Wildman–Crippen LogP) is 2.78. The van der Waals surface area contributed by atoms with E-state index in [-0.39, 0.29) is 18.3 Å². The maximum Gasteiger partial charge on any atom is 0.495 e. The second kappa shape index (κ2) is 10.7. The van der Waals surface area contributed by atoms with Crippen LogP contribution in [0.4, 0.5) is 24.7 Å². The first kappa shape index (κ1) is 26.7. The molecule has 206 valence electrons. The third-order valence-corrected chi connectivity index (χ3v) is 6.53. The lowest BCUT2D eigenvalue weighted by molar-refractivity contribution is -0.860. The molecule has 0 radical (unpaired) electrons. The van der Waals surface area contributed by atoms with Gasteiger partial charge in [-0.3, -0.25) is 14.5 Å². The summed E-state index contributed by atoms with van der Waals surface area (Å²) in [6, 6.07) is 16.7. The molecule has 1 aliphatic heterocycles. The van der Waals surface area contributed by atoms with Crippen LogP contribution < -0.4 is 25.5 Å². The quantitative estimate of drug-likeness (QED) is 0.354. The Bertz CT molecular complexity index is 1590. The van der Waals surface area contributed by atoms with Gasteiger partial charge >= 0.3 is 18.0 Å². The summed E-state index contributed by atoms with van der Waals surface area (Å²) >= 11 is 0. The number of hydrogen-bond donors (Lipinski definition) is 2. The highest BCUT2D eigenvalue weighted by molar-refractivity contribution is 6.04. The number of nitrogens with two attached hydrogens (primary N) is 1. The number of nitrogens with zero attached hydrogens (tertiary/aromatic N) is 4. The molecule has 0 spiro atoms. The highest BCUT2D eigenvalue weighted by atomic mass is 19.4. The van der Waals surface area contributed by atoms with Gasteiger partial charge in [0.15, 0.2) is 0 Å². The number of fused-ring (bicyclic) bond motifs is 1. The zero-order valence-electron chi connectivity index (χ0n) is 21.0. The van der Waals surface area contributed by atoms with Crippen LogP contribution in [-0.2, 0) is 9.59 Å². The maximum absolute atomic E-state index is 13.1. The van der Waals surface area contributed by atoms with Crippen molar-refractivity contribution in [2.24, 2.45) is 11.7 Å². The first-order chi connectivity index (χ1) is 19.1. The highest BCUT2D eigenvalue weighted by Gasteiger charge is 2.44. The van der Waals surface area contributed by atoms with E-state index in [1.54, 1.807) is 58.2 Å². The molecular weight excluding hydrogens is 529 g/mol. The standard InChI is InChI=1S/C27H23F3N6O4/c28-27(29,30)26(39)40-36-14-2-1-8-22(36)34-13-4-6-18(15-34)25(38)32-19-9-11-20(12-10-19)35-16-17-5-3-7-21(24(31)37)23(17)33-35/h1-3,5,7-12,14,16,18H,4,6,13,15H2,(H2-,31,32,37,38)/p+1. The molecule has 3 heterocycles. The van der Waals surface area contributed by atoms with Gasteiger partial charge in [0.1, 0.15) is 11.7 Å². The van der Waals surface area contributed by atoms with Crippen molar-refractivity contribution in [2.45, 2.75) is 19.0 Å². The number of amides is 2. The summed E-state index contributed by atoms with van der Waals surface area (Å²) in [6.45, 7) is 0.696. The Labute approximate surface area is 225 Å². The number of carbonyl (C=O) groups excluding carboxylic acids is 3. The summed E-state index contributed by atoms with van der Waals surface area (Å²) in [5, 5.41) is 8.11. The van der Waals surface area contributed by atoms with Gasteiger partial charge in [-0.1, -0.05) is 18.2 Å². The van der Waals surface area contributed by atoms with Crippen LogP contribution >= 0.6 is 0 Å². The normalized spacial score (nSPS) is 15.6. The molecule has 10 nitrogen and oxygen atoms in total. The van der Waals surface area contributed by atoms with Crippen LogP contribution in [-0.4, -0.2) is 46.8 Å². The average molecular weight is 554 g/mol. The van der Waals surface area contributed by atoms with Gasteiger partial charge in [0, 0.05) is 23.3 Å². The van der Waals surface area contributed by atoms with Crippen LogP contribution in [0.25, 0.3) is 16.6 Å². The Kier molecular flexibility index (Phi) is 7.11. The molecular formula is C27H24F3N6O4+. The van der Waals surface area contributed by atoms with E-state index in [4.69, 9.17) is 5.73 Å². The minimum Gasteiger partial charge on any atom is -0.366 e. The molecule has 0 bridgehead atoms. The summed E-state index contributed by atoms with van der Waals surface area (Å²) in [7, 11) is 0. The third kappa shape index (κ3) is 5.58. The van der Waals surface area contributed by atoms with Gasteiger partial charge in [0.05, 0.1) is 30.3 Å². The fourth-order valence-corrected chi connectivity index (χ4v) is 4.60. The molecule has 5 rings (SSSR count). The predicted molar refractivity (Wildman–Crippen MR) is 137 cm³/mol. The smallest absolute Gasteiger partial charge is 0.366 e.